The Labute approximate surface area is 111 Å². The molecule has 1 aromatic rings. The molecule has 0 spiro atoms. The van der Waals surface area contributed by atoms with Gasteiger partial charge in [0.15, 0.2) is 0 Å². The molecule has 0 bridgehead atoms. The SMILES string of the molecule is CCCC(C)CN1Cc2ccccc2CC1CN. The highest BCUT2D eigenvalue weighted by Gasteiger charge is 2.25. The van der Waals surface area contributed by atoms with Gasteiger partial charge < -0.3 is 5.73 Å². The summed E-state index contributed by atoms with van der Waals surface area (Å²) in [4.78, 5) is 2.59. The molecule has 1 aromatic carbocycles. The monoisotopic (exact) mass is 246 g/mol. The van der Waals surface area contributed by atoms with Crippen LogP contribution in [0.2, 0.25) is 0 Å². The second-order valence-electron chi connectivity index (χ2n) is 5.69. The van der Waals surface area contributed by atoms with Gasteiger partial charge in [0.05, 0.1) is 0 Å². The lowest BCUT2D eigenvalue weighted by molar-refractivity contribution is 0.149. The molecule has 2 heteroatoms. The number of benzene rings is 1. The molecule has 0 saturated heterocycles. The van der Waals surface area contributed by atoms with Gasteiger partial charge >= 0.3 is 0 Å². The van der Waals surface area contributed by atoms with E-state index in [9.17, 15) is 0 Å². The molecule has 0 aliphatic carbocycles. The molecule has 0 radical (unpaired) electrons. The smallest absolute Gasteiger partial charge is 0.0262 e. The maximum absolute atomic E-state index is 5.96. The van der Waals surface area contributed by atoms with Gasteiger partial charge in [0.25, 0.3) is 0 Å². The topological polar surface area (TPSA) is 29.3 Å². The molecule has 2 unspecified atom stereocenters. The second-order valence-corrected chi connectivity index (χ2v) is 5.69. The van der Waals surface area contributed by atoms with Crippen LogP contribution in [0.25, 0.3) is 0 Å². The third-order valence-electron chi connectivity index (χ3n) is 4.06. The van der Waals surface area contributed by atoms with Gasteiger partial charge in [-0.05, 0) is 29.9 Å². The molecule has 1 aliphatic heterocycles. The summed E-state index contributed by atoms with van der Waals surface area (Å²) >= 11 is 0. The molecule has 0 amide bonds. The molecule has 18 heavy (non-hydrogen) atoms. The molecule has 100 valence electrons. The number of fused-ring (bicyclic) bond motifs is 1. The van der Waals surface area contributed by atoms with Crippen molar-refractivity contribution in [3.63, 3.8) is 0 Å². The number of hydrogen-bond acceptors (Lipinski definition) is 2. The van der Waals surface area contributed by atoms with Crippen LogP contribution in [0.3, 0.4) is 0 Å². The predicted molar refractivity (Wildman–Crippen MR) is 77.5 cm³/mol. The van der Waals surface area contributed by atoms with E-state index in [4.69, 9.17) is 5.73 Å². The molecular formula is C16H26N2. The molecule has 0 saturated carbocycles. The highest BCUT2D eigenvalue weighted by molar-refractivity contribution is 5.30. The number of nitrogens with two attached hydrogens (primary N) is 1. The number of rotatable bonds is 5. The van der Waals surface area contributed by atoms with Crippen LogP contribution in [0.1, 0.15) is 37.8 Å². The Balaban J connectivity index is 2.06. The first-order valence-corrected chi connectivity index (χ1v) is 7.25. The number of hydrogen-bond donors (Lipinski definition) is 1. The average Bonchev–Trinajstić information content (AvgIpc) is 2.38. The second kappa shape index (κ2) is 6.35. The van der Waals surface area contributed by atoms with Crippen LogP contribution in [-0.4, -0.2) is 24.0 Å². The van der Waals surface area contributed by atoms with Crippen molar-refractivity contribution in [1.82, 2.24) is 4.90 Å². The van der Waals surface area contributed by atoms with Gasteiger partial charge in [-0.3, -0.25) is 4.90 Å². The fraction of sp³-hybridized carbons (Fsp3) is 0.625. The van der Waals surface area contributed by atoms with Gasteiger partial charge in [0.2, 0.25) is 0 Å². The Morgan fingerprint density at radius 2 is 2.06 bits per heavy atom. The molecular weight excluding hydrogens is 220 g/mol. The van der Waals surface area contributed by atoms with Crippen molar-refractivity contribution in [2.45, 2.75) is 45.7 Å². The first-order valence-electron chi connectivity index (χ1n) is 7.25. The summed E-state index contributed by atoms with van der Waals surface area (Å²) in [6.07, 6.45) is 3.71. The number of nitrogens with zero attached hydrogens (tertiary/aromatic N) is 1. The van der Waals surface area contributed by atoms with Crippen LogP contribution in [0.4, 0.5) is 0 Å². The average molecular weight is 246 g/mol. The van der Waals surface area contributed by atoms with Crippen molar-refractivity contribution < 1.29 is 0 Å². The van der Waals surface area contributed by atoms with Crippen LogP contribution >= 0.6 is 0 Å². The molecule has 2 nitrogen and oxygen atoms in total. The van der Waals surface area contributed by atoms with Crippen LogP contribution in [0.15, 0.2) is 24.3 Å². The lowest BCUT2D eigenvalue weighted by atomic mass is 9.92. The zero-order valence-corrected chi connectivity index (χ0v) is 11.7. The Kier molecular flexibility index (Phi) is 4.79. The van der Waals surface area contributed by atoms with E-state index < -0.39 is 0 Å². The van der Waals surface area contributed by atoms with Crippen LogP contribution in [0, 0.1) is 5.92 Å². The molecule has 2 N–H and O–H groups in total. The maximum atomic E-state index is 5.96. The van der Waals surface area contributed by atoms with E-state index >= 15 is 0 Å². The third kappa shape index (κ3) is 3.12. The van der Waals surface area contributed by atoms with E-state index in [2.05, 4.69) is 43.0 Å². The summed E-state index contributed by atoms with van der Waals surface area (Å²) in [5, 5.41) is 0. The van der Waals surface area contributed by atoms with Gasteiger partial charge in [-0.1, -0.05) is 44.5 Å². The highest BCUT2D eigenvalue weighted by Crippen LogP contribution is 2.24. The molecule has 2 rings (SSSR count). The Morgan fingerprint density at radius 1 is 1.33 bits per heavy atom. The summed E-state index contributed by atoms with van der Waals surface area (Å²) in [5.41, 5.74) is 8.94. The fourth-order valence-electron chi connectivity index (χ4n) is 3.07. The fourth-order valence-corrected chi connectivity index (χ4v) is 3.07. The Morgan fingerprint density at radius 3 is 2.72 bits per heavy atom. The van der Waals surface area contributed by atoms with Gasteiger partial charge in [-0.2, -0.15) is 0 Å². The van der Waals surface area contributed by atoms with E-state index in [1.54, 1.807) is 0 Å². The summed E-state index contributed by atoms with van der Waals surface area (Å²) < 4.78 is 0. The molecule has 1 heterocycles. The van der Waals surface area contributed by atoms with Crippen molar-refractivity contribution in [1.29, 1.82) is 0 Å². The maximum Gasteiger partial charge on any atom is 0.0262 e. The predicted octanol–water partition coefficient (Wildman–Crippen LogP) is 2.81. The minimum Gasteiger partial charge on any atom is -0.329 e. The van der Waals surface area contributed by atoms with Crippen LogP contribution in [0.5, 0.6) is 0 Å². The van der Waals surface area contributed by atoms with Crippen molar-refractivity contribution in [2.75, 3.05) is 13.1 Å². The van der Waals surface area contributed by atoms with E-state index in [1.165, 1.54) is 30.5 Å². The minimum atomic E-state index is 0.527. The first-order chi connectivity index (χ1) is 8.74. The normalized spacial score (nSPS) is 21.6. The Bertz CT molecular complexity index is 375. The van der Waals surface area contributed by atoms with Gasteiger partial charge in [0.1, 0.15) is 0 Å². The summed E-state index contributed by atoms with van der Waals surface area (Å²) in [7, 11) is 0. The lowest BCUT2D eigenvalue weighted by Crippen LogP contribution is -2.46. The lowest BCUT2D eigenvalue weighted by Gasteiger charge is -2.37. The van der Waals surface area contributed by atoms with Crippen molar-refractivity contribution in [2.24, 2.45) is 11.7 Å². The third-order valence-corrected chi connectivity index (χ3v) is 4.06. The van der Waals surface area contributed by atoms with Crippen molar-refractivity contribution in [3.05, 3.63) is 35.4 Å². The van der Waals surface area contributed by atoms with Crippen LogP contribution in [-0.2, 0) is 13.0 Å². The summed E-state index contributed by atoms with van der Waals surface area (Å²) in [6.45, 7) is 7.66. The minimum absolute atomic E-state index is 0.527. The van der Waals surface area contributed by atoms with Crippen LogP contribution < -0.4 is 5.73 Å². The first kappa shape index (κ1) is 13.6. The highest BCUT2D eigenvalue weighted by atomic mass is 15.2. The molecule has 0 aromatic heterocycles. The summed E-state index contributed by atoms with van der Waals surface area (Å²) in [5.74, 6) is 0.773. The van der Waals surface area contributed by atoms with Gasteiger partial charge in [-0.15, -0.1) is 0 Å². The molecule has 2 atom stereocenters. The van der Waals surface area contributed by atoms with E-state index in [1.807, 2.05) is 0 Å². The van der Waals surface area contributed by atoms with Crippen molar-refractivity contribution >= 4 is 0 Å². The Hall–Kier alpha value is -0.860. The largest absolute Gasteiger partial charge is 0.329 e. The standard InChI is InChI=1S/C16H26N2/c1-3-6-13(2)11-18-12-15-8-5-4-7-14(15)9-16(18)10-17/h4-5,7-8,13,16H,3,6,9-12,17H2,1-2H3. The zero-order valence-electron chi connectivity index (χ0n) is 11.7. The van der Waals surface area contributed by atoms with Gasteiger partial charge in [0, 0.05) is 25.7 Å². The zero-order chi connectivity index (χ0) is 13.0. The van der Waals surface area contributed by atoms with Gasteiger partial charge in [-0.25, -0.2) is 0 Å². The van der Waals surface area contributed by atoms with Crippen molar-refractivity contribution in [3.8, 4) is 0 Å². The van der Waals surface area contributed by atoms with E-state index in [-0.39, 0.29) is 0 Å². The van der Waals surface area contributed by atoms with E-state index in [0.717, 1.165) is 25.4 Å². The quantitative estimate of drug-likeness (QED) is 0.865. The molecule has 1 aliphatic rings. The molecule has 0 fully saturated rings. The summed E-state index contributed by atoms with van der Waals surface area (Å²) in [6, 6.07) is 9.33. The van der Waals surface area contributed by atoms with E-state index in [0.29, 0.717) is 6.04 Å².